The predicted octanol–water partition coefficient (Wildman–Crippen LogP) is 4.29. The van der Waals surface area contributed by atoms with Crippen molar-refractivity contribution in [2.75, 3.05) is 6.61 Å². The summed E-state index contributed by atoms with van der Waals surface area (Å²) in [7, 11) is 0. The molecule has 2 aromatic heterocycles. The van der Waals surface area contributed by atoms with Crippen LogP contribution in [0.25, 0.3) is 22.3 Å². The first-order valence-electron chi connectivity index (χ1n) is 12.8. The van der Waals surface area contributed by atoms with Crippen LogP contribution in [0, 0.1) is 25.6 Å². The van der Waals surface area contributed by atoms with E-state index < -0.39 is 23.9 Å². The van der Waals surface area contributed by atoms with Gasteiger partial charge in [-0.15, -0.1) is 0 Å². The molecule has 2 amide bonds. The van der Waals surface area contributed by atoms with Crippen molar-refractivity contribution in [3.8, 4) is 17.0 Å². The Morgan fingerprint density at radius 2 is 1.95 bits per heavy atom. The highest BCUT2D eigenvalue weighted by atomic mass is 19.1. The third-order valence-electron chi connectivity index (χ3n) is 7.19. The minimum atomic E-state index is -1.28. The Kier molecular flexibility index (Phi) is 6.83. The fourth-order valence-corrected chi connectivity index (χ4v) is 4.91. The van der Waals surface area contributed by atoms with Gasteiger partial charge in [0, 0.05) is 24.6 Å². The number of fused-ring (bicyclic) bond motifs is 1. The molecule has 2 saturated carbocycles. The first kappa shape index (κ1) is 25.1. The molecule has 2 aliphatic rings. The number of hydrogen-bond donors (Lipinski definition) is 3. The SMILES string of the molecule is CCC(=O)NC1CC(F)C(NC(=O)c2c(C)[nH]c3c(-c4c(OCC5CC5)ccc(C)c4F)ncnc23)C1. The number of ether oxygens (including phenoxy) is 1. The third kappa shape index (κ3) is 5.01. The zero-order valence-corrected chi connectivity index (χ0v) is 21.2. The molecule has 2 aliphatic carbocycles. The van der Waals surface area contributed by atoms with Gasteiger partial charge in [-0.05, 0) is 50.7 Å². The molecule has 0 spiro atoms. The number of carbonyl (C=O) groups is 2. The van der Waals surface area contributed by atoms with Crippen LogP contribution in [0.4, 0.5) is 8.78 Å². The Morgan fingerprint density at radius 3 is 2.68 bits per heavy atom. The number of alkyl halides is 1. The van der Waals surface area contributed by atoms with E-state index in [9.17, 15) is 14.0 Å². The first-order chi connectivity index (χ1) is 17.8. The maximum Gasteiger partial charge on any atom is 0.255 e. The number of aryl methyl sites for hydroxylation is 2. The number of nitrogens with one attached hydrogen (secondary N) is 3. The molecule has 3 atom stereocenters. The number of benzene rings is 1. The number of aromatic nitrogens is 3. The Morgan fingerprint density at radius 1 is 1.16 bits per heavy atom. The van der Waals surface area contributed by atoms with Gasteiger partial charge in [-0.25, -0.2) is 18.7 Å². The lowest BCUT2D eigenvalue weighted by Crippen LogP contribution is -2.39. The highest BCUT2D eigenvalue weighted by Gasteiger charge is 2.37. The normalized spacial score (nSPS) is 21.3. The van der Waals surface area contributed by atoms with Gasteiger partial charge in [0.15, 0.2) is 0 Å². The molecule has 0 saturated heterocycles. The lowest BCUT2D eigenvalue weighted by Gasteiger charge is -2.15. The maximum atomic E-state index is 15.4. The first-order valence-corrected chi connectivity index (χ1v) is 12.8. The lowest BCUT2D eigenvalue weighted by atomic mass is 10.0. The van der Waals surface area contributed by atoms with Crippen molar-refractivity contribution in [1.82, 2.24) is 25.6 Å². The van der Waals surface area contributed by atoms with Gasteiger partial charge in [0.25, 0.3) is 5.91 Å². The van der Waals surface area contributed by atoms with Crippen molar-refractivity contribution < 1.29 is 23.1 Å². The van der Waals surface area contributed by atoms with Crippen molar-refractivity contribution in [2.24, 2.45) is 5.92 Å². The van der Waals surface area contributed by atoms with Crippen LogP contribution in [-0.2, 0) is 4.79 Å². The van der Waals surface area contributed by atoms with Gasteiger partial charge in [-0.1, -0.05) is 13.0 Å². The van der Waals surface area contributed by atoms with Gasteiger partial charge in [-0.2, -0.15) is 0 Å². The second kappa shape index (κ2) is 10.1. The van der Waals surface area contributed by atoms with E-state index in [0.29, 0.717) is 59.1 Å². The van der Waals surface area contributed by atoms with Gasteiger partial charge >= 0.3 is 0 Å². The van der Waals surface area contributed by atoms with E-state index in [2.05, 4.69) is 25.6 Å². The zero-order chi connectivity index (χ0) is 26.3. The van der Waals surface area contributed by atoms with Gasteiger partial charge in [0.1, 0.15) is 35.3 Å². The van der Waals surface area contributed by atoms with Crippen LogP contribution in [0.3, 0.4) is 0 Å². The molecule has 0 bridgehead atoms. The van der Waals surface area contributed by atoms with Crippen molar-refractivity contribution >= 4 is 22.8 Å². The molecular weight excluding hydrogens is 480 g/mol. The number of halogens is 2. The Bertz CT molecular complexity index is 1350. The number of carbonyl (C=O) groups excluding carboxylic acids is 2. The fourth-order valence-electron chi connectivity index (χ4n) is 4.91. The molecule has 10 heteroatoms. The lowest BCUT2D eigenvalue weighted by molar-refractivity contribution is -0.121. The summed E-state index contributed by atoms with van der Waals surface area (Å²) >= 11 is 0. The molecule has 3 N–H and O–H groups in total. The Balaban J connectivity index is 1.45. The van der Waals surface area contributed by atoms with Crippen LogP contribution in [0.15, 0.2) is 18.5 Å². The second-order valence-electron chi connectivity index (χ2n) is 10.1. The largest absolute Gasteiger partial charge is 0.492 e. The number of aromatic amines is 1. The summed E-state index contributed by atoms with van der Waals surface area (Å²) in [5.74, 6) is -0.212. The Labute approximate surface area is 213 Å². The molecule has 8 nitrogen and oxygen atoms in total. The number of H-pyrrole nitrogens is 1. The van der Waals surface area contributed by atoms with Crippen molar-refractivity contribution in [2.45, 2.75) is 71.1 Å². The minimum absolute atomic E-state index is 0.145. The Hall–Kier alpha value is -3.56. The molecule has 37 heavy (non-hydrogen) atoms. The standard InChI is InChI=1S/C27H31F2N5O3/c1-4-20(35)33-16-9-17(28)18(10-16)34-27(36)21-14(3)32-26-24(21)30-12-31-25(26)22-19(37-11-15-6-7-15)8-5-13(2)23(22)29/h5,8,12,15-18,32H,4,6-7,9-11H2,1-3H3,(H,33,35)(H,34,36). The average Bonchev–Trinajstić information content (AvgIpc) is 3.55. The number of rotatable bonds is 8. The fraction of sp³-hybridized carbons (Fsp3) is 0.481. The predicted molar refractivity (Wildman–Crippen MR) is 135 cm³/mol. The molecular formula is C27H31F2N5O3. The van der Waals surface area contributed by atoms with Crippen LogP contribution in [0.5, 0.6) is 5.75 Å². The summed E-state index contributed by atoms with van der Waals surface area (Å²) in [5, 5.41) is 5.57. The summed E-state index contributed by atoms with van der Waals surface area (Å²) in [5.41, 5.74) is 2.44. The van der Waals surface area contributed by atoms with E-state index in [1.54, 1.807) is 32.9 Å². The molecule has 196 valence electrons. The van der Waals surface area contributed by atoms with Gasteiger partial charge in [-0.3, -0.25) is 9.59 Å². The summed E-state index contributed by atoms with van der Waals surface area (Å²) in [6, 6.07) is 2.34. The highest BCUT2D eigenvalue weighted by Crippen LogP contribution is 2.39. The maximum absolute atomic E-state index is 15.4. The van der Waals surface area contributed by atoms with Gasteiger partial charge in [0.05, 0.1) is 29.3 Å². The van der Waals surface area contributed by atoms with Gasteiger partial charge in [0.2, 0.25) is 5.91 Å². The summed E-state index contributed by atoms with van der Waals surface area (Å²) in [4.78, 5) is 36.8. The second-order valence-corrected chi connectivity index (χ2v) is 10.1. The molecule has 1 aromatic carbocycles. The monoisotopic (exact) mass is 511 g/mol. The van der Waals surface area contributed by atoms with Crippen molar-refractivity contribution in [3.05, 3.63) is 41.1 Å². The van der Waals surface area contributed by atoms with Crippen LogP contribution >= 0.6 is 0 Å². The third-order valence-corrected chi connectivity index (χ3v) is 7.19. The van der Waals surface area contributed by atoms with Crippen LogP contribution in [0.1, 0.15) is 60.6 Å². The molecule has 3 unspecified atom stereocenters. The zero-order valence-electron chi connectivity index (χ0n) is 21.2. The van der Waals surface area contributed by atoms with Gasteiger partial charge < -0.3 is 20.4 Å². The smallest absolute Gasteiger partial charge is 0.255 e. The molecule has 3 aromatic rings. The van der Waals surface area contributed by atoms with E-state index in [0.717, 1.165) is 12.8 Å². The number of hydrogen-bond acceptors (Lipinski definition) is 5. The van der Waals surface area contributed by atoms with Crippen LogP contribution in [-0.4, -0.2) is 51.6 Å². The van der Waals surface area contributed by atoms with E-state index in [1.165, 1.54) is 6.33 Å². The highest BCUT2D eigenvalue weighted by molar-refractivity contribution is 6.09. The molecule has 2 fully saturated rings. The van der Waals surface area contributed by atoms with E-state index in [-0.39, 0.29) is 29.5 Å². The minimum Gasteiger partial charge on any atom is -0.492 e. The number of nitrogens with zero attached hydrogens (tertiary/aromatic N) is 2. The topological polar surface area (TPSA) is 109 Å². The molecule has 0 radical (unpaired) electrons. The summed E-state index contributed by atoms with van der Waals surface area (Å²) < 4.78 is 36.1. The average molecular weight is 512 g/mol. The quantitative estimate of drug-likeness (QED) is 0.418. The molecule has 0 aliphatic heterocycles. The molecule has 5 rings (SSSR count). The number of amides is 2. The molecule has 2 heterocycles. The van der Waals surface area contributed by atoms with Crippen molar-refractivity contribution in [3.63, 3.8) is 0 Å². The van der Waals surface area contributed by atoms with E-state index >= 15 is 4.39 Å². The van der Waals surface area contributed by atoms with Crippen molar-refractivity contribution in [1.29, 1.82) is 0 Å². The summed E-state index contributed by atoms with van der Waals surface area (Å²) in [6.07, 6.45) is 2.97. The van der Waals surface area contributed by atoms with Crippen LogP contribution in [0.2, 0.25) is 0 Å². The summed E-state index contributed by atoms with van der Waals surface area (Å²) in [6.45, 7) is 5.62. The van der Waals surface area contributed by atoms with E-state index in [1.807, 2.05) is 0 Å². The van der Waals surface area contributed by atoms with E-state index in [4.69, 9.17) is 4.74 Å². The van der Waals surface area contributed by atoms with Crippen LogP contribution < -0.4 is 15.4 Å².